The Morgan fingerprint density at radius 2 is 1.98 bits per heavy atom. The second kappa shape index (κ2) is 12.8. The van der Waals surface area contributed by atoms with Crippen molar-refractivity contribution in [2.45, 2.75) is 64.0 Å². The maximum Gasteiger partial charge on any atom is 0.573 e. The van der Waals surface area contributed by atoms with Crippen LogP contribution in [0, 0.1) is 5.82 Å². The van der Waals surface area contributed by atoms with Gasteiger partial charge >= 0.3 is 12.5 Å². The average molecular weight is 585 g/mol. The van der Waals surface area contributed by atoms with Crippen molar-refractivity contribution in [3.8, 4) is 5.75 Å². The zero-order chi connectivity index (χ0) is 29.6. The molecule has 4 rings (SSSR count). The Morgan fingerprint density at radius 3 is 2.68 bits per heavy atom. The van der Waals surface area contributed by atoms with Gasteiger partial charge in [-0.15, -0.1) is 18.3 Å². The molecular formula is C25H25F5N6O5. The average Bonchev–Trinajstić information content (AvgIpc) is 3.35. The van der Waals surface area contributed by atoms with E-state index in [1.54, 1.807) is 0 Å². The van der Waals surface area contributed by atoms with Crippen molar-refractivity contribution < 1.29 is 41.0 Å². The van der Waals surface area contributed by atoms with Crippen molar-refractivity contribution in [3.63, 3.8) is 0 Å². The van der Waals surface area contributed by atoms with Gasteiger partial charge in [0.05, 0.1) is 18.4 Å². The summed E-state index contributed by atoms with van der Waals surface area (Å²) >= 11 is 0. The maximum absolute atomic E-state index is 14.6. The fraction of sp³-hybridized carbons (Fsp3) is 0.400. The van der Waals surface area contributed by atoms with Crippen LogP contribution in [0.4, 0.5) is 32.4 Å². The van der Waals surface area contributed by atoms with E-state index < -0.39 is 41.7 Å². The molecule has 0 radical (unpaired) electrons. The summed E-state index contributed by atoms with van der Waals surface area (Å²) in [6.07, 6.45) is -2.88. The summed E-state index contributed by atoms with van der Waals surface area (Å²) in [6.45, 7) is -0.627. The predicted molar refractivity (Wildman–Crippen MR) is 132 cm³/mol. The predicted octanol–water partition coefficient (Wildman–Crippen LogP) is 3.94. The van der Waals surface area contributed by atoms with Crippen LogP contribution in [-0.4, -0.2) is 50.2 Å². The molecule has 1 atom stereocenters. The lowest BCUT2D eigenvalue weighted by atomic mass is 9.96. The highest BCUT2D eigenvalue weighted by atomic mass is 19.4. The summed E-state index contributed by atoms with van der Waals surface area (Å²) in [5, 5.41) is 12.0. The first-order chi connectivity index (χ1) is 19.5. The fourth-order valence-electron chi connectivity index (χ4n) is 3.79. The smallest absolute Gasteiger partial charge is 0.446 e. The number of nitrogens with one attached hydrogen (secondary N) is 2. The molecule has 2 heterocycles. The molecule has 1 saturated carbocycles. The lowest BCUT2D eigenvalue weighted by molar-refractivity contribution is -0.274. The lowest BCUT2D eigenvalue weighted by Crippen LogP contribution is -2.30. The van der Waals surface area contributed by atoms with E-state index in [-0.39, 0.29) is 43.5 Å². The zero-order valence-corrected chi connectivity index (χ0v) is 21.4. The number of anilines is 1. The molecule has 16 heteroatoms. The third kappa shape index (κ3) is 8.49. The molecule has 2 amide bonds. The van der Waals surface area contributed by atoms with Gasteiger partial charge in [-0.05, 0) is 49.4 Å². The molecule has 1 fully saturated rings. The molecule has 2 aromatic heterocycles. The summed E-state index contributed by atoms with van der Waals surface area (Å²) < 4.78 is 77.1. The van der Waals surface area contributed by atoms with Gasteiger partial charge in [0.2, 0.25) is 5.82 Å². The molecule has 1 aromatic carbocycles. The molecule has 1 aliphatic carbocycles. The molecule has 1 aliphatic rings. The third-order valence-electron chi connectivity index (χ3n) is 6.09. The molecule has 1 unspecified atom stereocenters. The summed E-state index contributed by atoms with van der Waals surface area (Å²) in [7, 11) is 0. The van der Waals surface area contributed by atoms with Gasteiger partial charge in [-0.2, -0.15) is 4.39 Å². The largest absolute Gasteiger partial charge is 0.573 e. The van der Waals surface area contributed by atoms with Gasteiger partial charge in [-0.3, -0.25) is 14.9 Å². The normalized spacial score (nSPS) is 14.2. The summed E-state index contributed by atoms with van der Waals surface area (Å²) in [4.78, 5) is 36.5. The number of benzene rings is 1. The number of hydrogen-bond acceptors (Lipinski definition) is 7. The molecule has 0 bridgehead atoms. The first-order valence-corrected chi connectivity index (χ1v) is 12.5. The Labute approximate surface area is 229 Å². The molecule has 0 saturated heterocycles. The lowest BCUT2D eigenvalue weighted by Gasteiger charge is -2.25. The van der Waals surface area contributed by atoms with Crippen molar-refractivity contribution in [1.29, 1.82) is 0 Å². The first kappa shape index (κ1) is 29.5. The van der Waals surface area contributed by atoms with Gasteiger partial charge in [-0.1, -0.05) is 17.3 Å². The van der Waals surface area contributed by atoms with E-state index in [1.165, 1.54) is 30.6 Å². The first-order valence-electron chi connectivity index (χ1n) is 12.5. The van der Waals surface area contributed by atoms with Crippen LogP contribution in [0.5, 0.6) is 5.75 Å². The van der Waals surface area contributed by atoms with Gasteiger partial charge in [0, 0.05) is 19.3 Å². The van der Waals surface area contributed by atoms with Gasteiger partial charge in [-0.25, -0.2) is 13.9 Å². The van der Waals surface area contributed by atoms with Crippen molar-refractivity contribution in [2.24, 2.45) is 0 Å². The minimum absolute atomic E-state index is 0.131. The SMILES string of the molecule is O=C(Nc1ccn(CCC(F)Cn2cc(C(=O)NCc3cccc(OC(F)(F)F)c3)nn2)c(=O)c1F)OC1CCC1. The van der Waals surface area contributed by atoms with Crippen LogP contribution in [0.15, 0.2) is 47.5 Å². The number of aromatic nitrogens is 4. The number of hydrogen-bond donors (Lipinski definition) is 2. The highest BCUT2D eigenvalue weighted by Crippen LogP contribution is 2.24. The zero-order valence-electron chi connectivity index (χ0n) is 21.4. The number of nitrogens with zero attached hydrogens (tertiary/aromatic N) is 4. The van der Waals surface area contributed by atoms with Gasteiger partial charge < -0.3 is 19.4 Å². The van der Waals surface area contributed by atoms with E-state index in [2.05, 4.69) is 25.7 Å². The number of carbonyl (C=O) groups excluding carboxylic acids is 2. The summed E-state index contributed by atoms with van der Waals surface area (Å²) in [5.74, 6) is -2.34. The minimum Gasteiger partial charge on any atom is -0.446 e. The topological polar surface area (TPSA) is 129 Å². The van der Waals surface area contributed by atoms with Crippen LogP contribution in [0.3, 0.4) is 0 Å². The highest BCUT2D eigenvalue weighted by molar-refractivity contribution is 5.91. The van der Waals surface area contributed by atoms with E-state index in [9.17, 15) is 36.3 Å². The number of pyridine rings is 1. The van der Waals surface area contributed by atoms with Crippen molar-refractivity contribution >= 4 is 17.7 Å². The van der Waals surface area contributed by atoms with E-state index in [4.69, 9.17) is 4.74 Å². The highest BCUT2D eigenvalue weighted by Gasteiger charge is 2.31. The fourth-order valence-corrected chi connectivity index (χ4v) is 3.79. The van der Waals surface area contributed by atoms with Crippen LogP contribution >= 0.6 is 0 Å². The van der Waals surface area contributed by atoms with Gasteiger partial charge in [0.1, 0.15) is 18.0 Å². The minimum atomic E-state index is -4.85. The second-order valence-electron chi connectivity index (χ2n) is 9.21. The molecule has 0 aliphatic heterocycles. The van der Waals surface area contributed by atoms with E-state index in [0.717, 1.165) is 40.6 Å². The van der Waals surface area contributed by atoms with Crippen LogP contribution < -0.4 is 20.9 Å². The number of aryl methyl sites for hydroxylation is 1. The Kier molecular flexibility index (Phi) is 9.19. The Hall–Kier alpha value is -4.50. The van der Waals surface area contributed by atoms with Crippen molar-refractivity contribution in [3.05, 3.63) is 70.2 Å². The van der Waals surface area contributed by atoms with E-state index in [1.807, 2.05) is 0 Å². The maximum atomic E-state index is 14.6. The number of amides is 2. The summed E-state index contributed by atoms with van der Waals surface area (Å²) in [5.41, 5.74) is -1.21. The Balaban J connectivity index is 1.24. The standard InChI is InChI=1S/C25H25F5N6O5/c26-16(7-9-35-10-8-19(21(27)23(35)38)32-24(39)40-17-4-2-5-17)13-36-14-20(33-34-36)22(37)31-12-15-3-1-6-18(11-15)41-25(28,29)30/h1,3,6,8,10-11,14,16-17H,2,4-5,7,9,12-13H2,(H,31,37)(H,32,39). The van der Waals surface area contributed by atoms with Crippen LogP contribution in [0.25, 0.3) is 0 Å². The Morgan fingerprint density at radius 1 is 1.20 bits per heavy atom. The molecule has 41 heavy (non-hydrogen) atoms. The number of alkyl halides is 4. The van der Waals surface area contributed by atoms with E-state index >= 15 is 0 Å². The molecule has 3 aromatic rings. The van der Waals surface area contributed by atoms with Gasteiger partial charge in [0.25, 0.3) is 11.5 Å². The van der Waals surface area contributed by atoms with Crippen molar-refractivity contribution in [1.82, 2.24) is 24.9 Å². The number of halogens is 5. The van der Waals surface area contributed by atoms with Gasteiger partial charge in [0.15, 0.2) is 5.69 Å². The molecule has 2 N–H and O–H groups in total. The molecule has 11 nitrogen and oxygen atoms in total. The summed E-state index contributed by atoms with van der Waals surface area (Å²) in [6, 6.07) is 6.23. The molecule has 220 valence electrons. The van der Waals surface area contributed by atoms with E-state index in [0.29, 0.717) is 5.56 Å². The number of ether oxygens (including phenoxy) is 2. The molecular weight excluding hydrogens is 559 g/mol. The third-order valence-corrected chi connectivity index (χ3v) is 6.09. The molecule has 0 spiro atoms. The monoisotopic (exact) mass is 584 g/mol. The number of rotatable bonds is 11. The van der Waals surface area contributed by atoms with Crippen molar-refractivity contribution in [2.75, 3.05) is 5.32 Å². The van der Waals surface area contributed by atoms with Crippen LogP contribution in [0.2, 0.25) is 0 Å². The second-order valence-corrected chi connectivity index (χ2v) is 9.21. The van der Waals surface area contributed by atoms with Crippen LogP contribution in [-0.2, 0) is 24.4 Å². The van der Waals surface area contributed by atoms with Crippen LogP contribution in [0.1, 0.15) is 41.7 Å². The quantitative estimate of drug-likeness (QED) is 0.327. The Bertz CT molecular complexity index is 1440. The number of carbonyl (C=O) groups is 2.